The van der Waals surface area contributed by atoms with Gasteiger partial charge in [-0.3, -0.25) is 4.74 Å². The maximum Gasteiger partial charge on any atom is 0.0621 e. The first-order valence-corrected chi connectivity index (χ1v) is 13.9. The van der Waals surface area contributed by atoms with E-state index in [-0.39, 0.29) is 6.04 Å². The summed E-state index contributed by atoms with van der Waals surface area (Å²) in [5.74, 6) is 0. The predicted octanol–water partition coefficient (Wildman–Crippen LogP) is 8.02. The van der Waals surface area contributed by atoms with E-state index in [9.17, 15) is 0 Å². The maximum atomic E-state index is 5.61. The summed E-state index contributed by atoms with van der Waals surface area (Å²) in [6, 6.07) is 53.4. The molecule has 0 spiro atoms. The maximum absolute atomic E-state index is 5.61. The highest BCUT2D eigenvalue weighted by atomic mass is 31.2. The number of hydrogen-bond donors (Lipinski definition) is 1. The average molecular weight is 473 g/mol. The van der Waals surface area contributed by atoms with Crippen LogP contribution in [-0.4, -0.2) is 6.16 Å². The SMILES string of the molecule is c1ccc(N=P(C[C@@H](Nc2ccccc2)c2ccccc2)(c2ccccc2)c2ccccc2)cc1. The number of nitrogens with zero attached hydrogens (tertiary/aromatic N) is 1. The molecule has 5 rings (SSSR count). The smallest absolute Gasteiger partial charge is 0.0621 e. The molecule has 0 aliphatic rings. The van der Waals surface area contributed by atoms with Gasteiger partial charge in [-0.05, 0) is 40.4 Å². The summed E-state index contributed by atoms with van der Waals surface area (Å²) >= 11 is 0. The molecule has 0 amide bonds. The van der Waals surface area contributed by atoms with Crippen molar-refractivity contribution in [3.8, 4) is 0 Å². The Balaban J connectivity index is 1.73. The molecule has 0 fully saturated rings. The molecular formula is C32H29N2P. The Hall–Kier alpha value is -3.87. The fourth-order valence-electron chi connectivity index (χ4n) is 4.48. The summed E-state index contributed by atoms with van der Waals surface area (Å²) in [5, 5.41) is 6.41. The van der Waals surface area contributed by atoms with Crippen LogP contribution in [-0.2, 0) is 0 Å². The highest BCUT2D eigenvalue weighted by Crippen LogP contribution is 2.53. The lowest BCUT2D eigenvalue weighted by Gasteiger charge is -2.32. The first kappa shape index (κ1) is 22.9. The average Bonchev–Trinajstić information content (AvgIpc) is 2.95. The first-order chi connectivity index (χ1) is 17.3. The third-order valence-corrected chi connectivity index (χ3v) is 9.94. The van der Waals surface area contributed by atoms with Crippen LogP contribution in [0.5, 0.6) is 0 Å². The minimum atomic E-state index is -2.22. The Labute approximate surface area is 208 Å². The van der Waals surface area contributed by atoms with Crippen molar-refractivity contribution >= 4 is 29.0 Å². The molecule has 1 N–H and O–H groups in total. The van der Waals surface area contributed by atoms with Crippen LogP contribution in [0.4, 0.5) is 11.4 Å². The molecule has 0 radical (unpaired) electrons. The van der Waals surface area contributed by atoms with Gasteiger partial charge in [0.2, 0.25) is 0 Å². The molecule has 0 unspecified atom stereocenters. The molecule has 2 nitrogen and oxygen atoms in total. The summed E-state index contributed by atoms with van der Waals surface area (Å²) < 4.78 is 5.61. The summed E-state index contributed by atoms with van der Waals surface area (Å²) in [5.41, 5.74) is 3.39. The van der Waals surface area contributed by atoms with Crippen LogP contribution in [0.3, 0.4) is 0 Å². The number of nitrogens with one attached hydrogen (secondary N) is 1. The lowest BCUT2D eigenvalue weighted by Crippen LogP contribution is -2.25. The monoisotopic (exact) mass is 472 g/mol. The van der Waals surface area contributed by atoms with E-state index in [1.165, 1.54) is 16.2 Å². The van der Waals surface area contributed by atoms with Gasteiger partial charge in [0, 0.05) is 18.9 Å². The van der Waals surface area contributed by atoms with E-state index in [4.69, 9.17) is 4.74 Å². The van der Waals surface area contributed by atoms with Crippen LogP contribution < -0.4 is 15.9 Å². The van der Waals surface area contributed by atoms with Crippen LogP contribution in [0.2, 0.25) is 0 Å². The fourth-order valence-corrected chi connectivity index (χ4v) is 8.20. The van der Waals surface area contributed by atoms with Gasteiger partial charge in [0.15, 0.2) is 0 Å². The van der Waals surface area contributed by atoms with Crippen molar-refractivity contribution in [1.82, 2.24) is 0 Å². The minimum absolute atomic E-state index is 0.0832. The molecule has 35 heavy (non-hydrogen) atoms. The predicted molar refractivity (Wildman–Crippen MR) is 152 cm³/mol. The summed E-state index contributed by atoms with van der Waals surface area (Å²) in [4.78, 5) is 0. The minimum Gasteiger partial charge on any atom is -0.378 e. The van der Waals surface area contributed by atoms with Gasteiger partial charge in [-0.1, -0.05) is 127 Å². The molecule has 0 heterocycles. The highest BCUT2D eigenvalue weighted by Gasteiger charge is 2.29. The molecule has 0 saturated heterocycles. The van der Waals surface area contributed by atoms with Crippen molar-refractivity contribution < 1.29 is 0 Å². The zero-order valence-corrected chi connectivity index (χ0v) is 20.5. The fraction of sp³-hybridized carbons (Fsp3) is 0.0625. The zero-order valence-electron chi connectivity index (χ0n) is 19.6. The Morgan fingerprint density at radius 2 is 0.943 bits per heavy atom. The Bertz CT molecular complexity index is 1330. The van der Waals surface area contributed by atoms with E-state index >= 15 is 0 Å². The quantitative estimate of drug-likeness (QED) is 0.227. The van der Waals surface area contributed by atoms with Gasteiger partial charge in [0.25, 0.3) is 0 Å². The highest BCUT2D eigenvalue weighted by molar-refractivity contribution is 7.81. The van der Waals surface area contributed by atoms with E-state index in [0.717, 1.165) is 17.5 Å². The summed E-state index contributed by atoms with van der Waals surface area (Å²) in [6.45, 7) is 0. The molecule has 172 valence electrons. The van der Waals surface area contributed by atoms with Crippen LogP contribution in [0.15, 0.2) is 156 Å². The molecule has 5 aromatic rings. The van der Waals surface area contributed by atoms with Crippen LogP contribution in [0, 0.1) is 0 Å². The third kappa shape index (κ3) is 5.45. The van der Waals surface area contributed by atoms with Gasteiger partial charge in [-0.25, -0.2) is 0 Å². The Kier molecular flexibility index (Phi) is 7.22. The van der Waals surface area contributed by atoms with E-state index < -0.39 is 7.05 Å². The Morgan fingerprint density at radius 3 is 1.46 bits per heavy atom. The largest absolute Gasteiger partial charge is 0.378 e. The van der Waals surface area contributed by atoms with Gasteiger partial charge >= 0.3 is 0 Å². The second-order valence-electron chi connectivity index (χ2n) is 8.53. The molecule has 1 atom stereocenters. The van der Waals surface area contributed by atoms with Crippen molar-refractivity contribution in [2.75, 3.05) is 11.5 Å². The van der Waals surface area contributed by atoms with Crippen molar-refractivity contribution in [1.29, 1.82) is 0 Å². The lowest BCUT2D eigenvalue weighted by molar-refractivity contribution is 0.892. The molecule has 0 bridgehead atoms. The molecular weight excluding hydrogens is 443 g/mol. The van der Waals surface area contributed by atoms with Crippen molar-refractivity contribution in [2.24, 2.45) is 4.74 Å². The van der Waals surface area contributed by atoms with Crippen molar-refractivity contribution in [2.45, 2.75) is 6.04 Å². The van der Waals surface area contributed by atoms with Gasteiger partial charge in [-0.2, -0.15) is 0 Å². The van der Waals surface area contributed by atoms with Gasteiger partial charge in [-0.15, -0.1) is 0 Å². The van der Waals surface area contributed by atoms with E-state index in [1.807, 2.05) is 6.07 Å². The second kappa shape index (κ2) is 11.0. The van der Waals surface area contributed by atoms with Crippen LogP contribution in [0.1, 0.15) is 11.6 Å². The van der Waals surface area contributed by atoms with Crippen LogP contribution >= 0.6 is 7.05 Å². The van der Waals surface area contributed by atoms with Gasteiger partial charge in [0.05, 0.1) is 11.7 Å². The molecule has 0 aromatic heterocycles. The van der Waals surface area contributed by atoms with Gasteiger partial charge in [0.1, 0.15) is 0 Å². The molecule has 0 aliphatic carbocycles. The summed E-state index contributed by atoms with van der Waals surface area (Å²) in [7, 11) is -2.22. The van der Waals surface area contributed by atoms with E-state index in [1.54, 1.807) is 0 Å². The molecule has 0 saturated carbocycles. The molecule has 0 aliphatic heterocycles. The van der Waals surface area contributed by atoms with E-state index in [2.05, 4.69) is 151 Å². The van der Waals surface area contributed by atoms with E-state index in [0.29, 0.717) is 0 Å². The van der Waals surface area contributed by atoms with Crippen molar-refractivity contribution in [3.63, 3.8) is 0 Å². The Morgan fingerprint density at radius 1 is 0.514 bits per heavy atom. The number of rotatable bonds is 8. The standard InChI is InChI=1S/C32H29N2P/c1-6-16-27(17-7-1)32(33-28-18-8-2-9-19-28)26-35(30-22-12-4-13-23-30,31-24-14-5-15-25-31)34-29-20-10-3-11-21-29/h1-25,32-33H,26H2/t32-/m1/s1. The second-order valence-corrected chi connectivity index (χ2v) is 11.7. The lowest BCUT2D eigenvalue weighted by atomic mass is 10.1. The first-order valence-electron chi connectivity index (χ1n) is 12.0. The zero-order chi connectivity index (χ0) is 23.8. The topological polar surface area (TPSA) is 24.4 Å². The van der Waals surface area contributed by atoms with Crippen molar-refractivity contribution in [3.05, 3.63) is 157 Å². The molecule has 5 aromatic carbocycles. The normalized spacial score (nSPS) is 12.0. The number of anilines is 1. The molecule has 3 heteroatoms. The number of benzene rings is 5. The van der Waals surface area contributed by atoms with Gasteiger partial charge < -0.3 is 5.32 Å². The third-order valence-electron chi connectivity index (χ3n) is 6.17. The number of hydrogen-bond acceptors (Lipinski definition) is 2. The van der Waals surface area contributed by atoms with Crippen LogP contribution in [0.25, 0.3) is 0 Å². The number of para-hydroxylation sites is 1. The summed E-state index contributed by atoms with van der Waals surface area (Å²) in [6.07, 6.45) is 0.856.